The summed E-state index contributed by atoms with van der Waals surface area (Å²) in [5.74, 6) is 2.75. The number of fused-ring (bicyclic) bond motifs is 8. The van der Waals surface area contributed by atoms with E-state index in [4.69, 9.17) is 14.2 Å². The highest BCUT2D eigenvalue weighted by Crippen LogP contribution is 2.45. The third-order valence-corrected chi connectivity index (χ3v) is 11.8. The Hall–Kier alpha value is -5.10. The number of ether oxygens (including phenoxy) is 3. The average Bonchev–Trinajstić information content (AvgIpc) is 3.16. The van der Waals surface area contributed by atoms with Gasteiger partial charge in [-0.25, -0.2) is 0 Å². The van der Waals surface area contributed by atoms with Gasteiger partial charge in [-0.3, -0.25) is 0 Å². The lowest BCUT2D eigenvalue weighted by Crippen LogP contribution is -2.17. The van der Waals surface area contributed by atoms with Crippen molar-refractivity contribution in [3.63, 3.8) is 0 Å². The summed E-state index contributed by atoms with van der Waals surface area (Å²) in [6.07, 6.45) is 4.54. The van der Waals surface area contributed by atoms with Crippen LogP contribution in [0.1, 0.15) is 164 Å². The Balaban J connectivity index is 1.78. The molecule has 6 nitrogen and oxygen atoms in total. The summed E-state index contributed by atoms with van der Waals surface area (Å²) in [5, 5.41) is 34.0. The van der Waals surface area contributed by atoms with Crippen LogP contribution in [0.15, 0.2) is 66.7 Å². The van der Waals surface area contributed by atoms with Crippen LogP contribution in [0.25, 0.3) is 11.1 Å². The zero-order valence-electron chi connectivity index (χ0n) is 39.0. The SMILES string of the molecule is CCCOc1c2cc(C(C)(C)C)cc1Cc1cc(C(C)(C)C)cc(c1OCCC)Cc1cc(C(C)(C)C)cc(c1OCCC)Cc1cc(-c3ccc(O)cc3O)cc(c1O)C2. The third kappa shape index (κ3) is 10.3. The molecule has 0 saturated heterocycles. The highest BCUT2D eigenvalue weighted by molar-refractivity contribution is 5.74. The molecule has 6 rings (SSSR count). The van der Waals surface area contributed by atoms with Gasteiger partial charge in [-0.05, 0) is 127 Å². The lowest BCUT2D eigenvalue weighted by Gasteiger charge is -2.28. The van der Waals surface area contributed by atoms with Crippen LogP contribution < -0.4 is 14.2 Å². The van der Waals surface area contributed by atoms with E-state index in [1.807, 2.05) is 12.1 Å². The quantitative estimate of drug-likeness (QED) is 0.127. The van der Waals surface area contributed by atoms with E-state index in [1.165, 1.54) is 22.8 Å². The molecule has 5 aromatic rings. The predicted octanol–water partition coefficient (Wildman–Crippen LogP) is 13.4. The number of aromatic hydroxyl groups is 3. The van der Waals surface area contributed by atoms with Gasteiger partial charge >= 0.3 is 0 Å². The molecule has 1 aliphatic rings. The second kappa shape index (κ2) is 18.1. The van der Waals surface area contributed by atoms with Crippen LogP contribution in [0.2, 0.25) is 0 Å². The van der Waals surface area contributed by atoms with Crippen LogP contribution in [-0.4, -0.2) is 35.1 Å². The summed E-state index contributed by atoms with van der Waals surface area (Å²) in [6, 6.07) is 22.5. The van der Waals surface area contributed by atoms with Gasteiger partial charge in [0.1, 0.15) is 34.5 Å². The fraction of sp³-hybridized carbons (Fsp3) is 0.455. The smallest absolute Gasteiger partial charge is 0.127 e. The minimum Gasteiger partial charge on any atom is -0.508 e. The lowest BCUT2D eigenvalue weighted by molar-refractivity contribution is 0.306. The van der Waals surface area contributed by atoms with E-state index in [2.05, 4.69) is 119 Å². The maximum absolute atomic E-state index is 12.5. The van der Waals surface area contributed by atoms with Gasteiger partial charge in [0.15, 0.2) is 0 Å². The van der Waals surface area contributed by atoms with E-state index in [0.717, 1.165) is 86.6 Å². The fourth-order valence-corrected chi connectivity index (χ4v) is 8.29. The Labute approximate surface area is 366 Å². The van der Waals surface area contributed by atoms with Crippen molar-refractivity contribution in [3.05, 3.63) is 128 Å². The predicted molar refractivity (Wildman–Crippen MR) is 251 cm³/mol. The van der Waals surface area contributed by atoms with E-state index in [1.54, 1.807) is 12.1 Å². The van der Waals surface area contributed by atoms with Gasteiger partial charge in [-0.2, -0.15) is 0 Å². The average molecular weight is 827 g/mol. The monoisotopic (exact) mass is 827 g/mol. The van der Waals surface area contributed by atoms with Crippen molar-refractivity contribution in [3.8, 4) is 45.6 Å². The molecule has 0 saturated carbocycles. The van der Waals surface area contributed by atoms with Gasteiger partial charge in [0.2, 0.25) is 0 Å². The Morgan fingerprint density at radius 2 is 0.738 bits per heavy atom. The Kier molecular flexibility index (Phi) is 13.5. The minimum atomic E-state index is -0.178. The van der Waals surface area contributed by atoms with Crippen LogP contribution in [0, 0.1) is 0 Å². The highest BCUT2D eigenvalue weighted by Gasteiger charge is 2.28. The van der Waals surface area contributed by atoms with Gasteiger partial charge in [-0.15, -0.1) is 0 Å². The van der Waals surface area contributed by atoms with Crippen LogP contribution in [-0.2, 0) is 41.9 Å². The normalized spacial score (nSPS) is 13.2. The topological polar surface area (TPSA) is 88.4 Å². The summed E-state index contributed by atoms with van der Waals surface area (Å²) in [5.41, 5.74) is 12.3. The van der Waals surface area contributed by atoms with Crippen molar-refractivity contribution in [1.29, 1.82) is 0 Å². The number of phenols is 3. The molecular weight excluding hydrogens is 757 g/mol. The molecule has 0 spiro atoms. The van der Waals surface area contributed by atoms with Gasteiger partial charge in [0.25, 0.3) is 0 Å². The van der Waals surface area contributed by atoms with E-state index >= 15 is 0 Å². The Bertz CT molecular complexity index is 2240. The summed E-state index contributed by atoms with van der Waals surface area (Å²) in [7, 11) is 0. The molecule has 0 heterocycles. The van der Waals surface area contributed by atoms with Crippen LogP contribution >= 0.6 is 0 Å². The summed E-state index contributed by atoms with van der Waals surface area (Å²) < 4.78 is 20.5. The molecule has 1 aliphatic carbocycles. The number of benzene rings is 5. The van der Waals surface area contributed by atoms with Gasteiger partial charge in [0, 0.05) is 37.3 Å². The summed E-state index contributed by atoms with van der Waals surface area (Å²) >= 11 is 0. The first-order valence-electron chi connectivity index (χ1n) is 22.5. The molecule has 0 amide bonds. The number of hydrogen-bond acceptors (Lipinski definition) is 6. The van der Waals surface area contributed by atoms with Crippen LogP contribution in [0.4, 0.5) is 0 Å². The van der Waals surface area contributed by atoms with Crippen molar-refractivity contribution in [1.82, 2.24) is 0 Å². The van der Waals surface area contributed by atoms with Crippen molar-refractivity contribution in [2.45, 2.75) is 144 Å². The summed E-state index contributed by atoms with van der Waals surface area (Å²) in [4.78, 5) is 0. The highest BCUT2D eigenvalue weighted by atomic mass is 16.5. The first-order valence-corrected chi connectivity index (χ1v) is 22.5. The molecule has 6 heteroatoms. The second-order valence-electron chi connectivity index (χ2n) is 20.2. The Morgan fingerprint density at radius 1 is 0.426 bits per heavy atom. The number of hydrogen-bond donors (Lipinski definition) is 3. The molecule has 0 atom stereocenters. The first kappa shape index (κ1) is 45.4. The molecule has 0 aliphatic heterocycles. The summed E-state index contributed by atoms with van der Waals surface area (Å²) in [6.45, 7) is 28.4. The van der Waals surface area contributed by atoms with Gasteiger partial charge in [-0.1, -0.05) is 119 Å². The maximum Gasteiger partial charge on any atom is 0.127 e. The first-order chi connectivity index (χ1) is 28.7. The van der Waals surface area contributed by atoms with Crippen molar-refractivity contribution < 1.29 is 29.5 Å². The van der Waals surface area contributed by atoms with E-state index in [0.29, 0.717) is 51.1 Å². The zero-order valence-corrected chi connectivity index (χ0v) is 39.0. The van der Waals surface area contributed by atoms with E-state index in [9.17, 15) is 15.3 Å². The van der Waals surface area contributed by atoms with Crippen LogP contribution in [0.5, 0.6) is 34.5 Å². The number of rotatable bonds is 10. The molecule has 5 aromatic carbocycles. The molecule has 0 radical (unpaired) electrons. The number of phenolic OH excluding ortho intramolecular Hbond substituents is 3. The lowest BCUT2D eigenvalue weighted by atomic mass is 9.80. The standard InChI is InChI=1S/C55H70O6/c1-13-18-59-50-37-23-35-21-34(47-17-16-46(56)33-48(47)57)22-36(49(35)58)24-38-28-44(54(7,8)9)30-40(51(38)60-19-14-2)26-42-32-45(55(10,11)12)31-41(52(42)61-20-15-3)25-39(50)29-43(27-37)53(4,5)6/h16-17,21-22,27-33,56-58H,13-15,18-20,23-26H2,1-12H3. The van der Waals surface area contributed by atoms with Crippen molar-refractivity contribution >= 4 is 0 Å². The van der Waals surface area contributed by atoms with Gasteiger partial charge in [0.05, 0.1) is 19.8 Å². The van der Waals surface area contributed by atoms with Crippen molar-refractivity contribution in [2.75, 3.05) is 19.8 Å². The fourth-order valence-electron chi connectivity index (χ4n) is 8.29. The van der Waals surface area contributed by atoms with E-state index < -0.39 is 0 Å². The third-order valence-electron chi connectivity index (χ3n) is 11.8. The molecule has 326 valence electrons. The molecule has 3 N–H and O–H groups in total. The molecule has 0 fully saturated rings. The zero-order chi connectivity index (χ0) is 44.4. The minimum absolute atomic E-state index is 0.0156. The molecular formula is C55H70O6. The molecule has 0 unspecified atom stereocenters. The second-order valence-corrected chi connectivity index (χ2v) is 20.2. The van der Waals surface area contributed by atoms with Crippen LogP contribution in [0.3, 0.4) is 0 Å². The van der Waals surface area contributed by atoms with E-state index in [-0.39, 0.29) is 33.5 Å². The largest absolute Gasteiger partial charge is 0.508 e. The van der Waals surface area contributed by atoms with Crippen molar-refractivity contribution in [2.24, 2.45) is 0 Å². The van der Waals surface area contributed by atoms with Gasteiger partial charge < -0.3 is 29.5 Å². The maximum atomic E-state index is 12.5. The molecule has 61 heavy (non-hydrogen) atoms. The molecule has 8 bridgehead atoms. The molecule has 0 aromatic heterocycles. The Morgan fingerprint density at radius 3 is 1.02 bits per heavy atom.